The molecule has 7 rings (SSSR count). The van der Waals surface area contributed by atoms with Gasteiger partial charge in [-0.25, -0.2) is 0 Å². The van der Waals surface area contributed by atoms with Crippen LogP contribution in [0.1, 0.15) is 62.5 Å². The van der Waals surface area contributed by atoms with Crippen LogP contribution in [-0.4, -0.2) is 42.7 Å². The van der Waals surface area contributed by atoms with Crippen LogP contribution in [0.4, 0.5) is 0 Å². The lowest BCUT2D eigenvalue weighted by molar-refractivity contribution is -0.946. The van der Waals surface area contributed by atoms with Gasteiger partial charge in [0, 0.05) is 25.2 Å². The predicted molar refractivity (Wildman–Crippen MR) is 146 cm³/mol. The standard InChI is InChI=1S/C33H40NO2/c35-32(33(19-8-1-2-9-20-33)30-12-4-3-5-13-30)36-31-25-34(22-17-28(31)18-23-34)21-16-26-14-15-27-10-6-7-11-29(27)24-26/h3-7,10-15,24,28,31H,1-2,8-9,16-23,25H2/q+1/t28?,31-,34?/m0/s1. The molecule has 188 valence electrons. The van der Waals surface area contributed by atoms with E-state index in [4.69, 9.17) is 4.74 Å². The normalized spacial score (nSPS) is 27.4. The number of hydrogen-bond acceptors (Lipinski definition) is 2. The molecule has 0 radical (unpaired) electrons. The van der Waals surface area contributed by atoms with Crippen LogP contribution in [0, 0.1) is 5.92 Å². The molecule has 3 aliphatic heterocycles. The summed E-state index contributed by atoms with van der Waals surface area (Å²) >= 11 is 0. The predicted octanol–water partition coefficient (Wildman–Crippen LogP) is 6.83. The first-order chi connectivity index (χ1) is 17.7. The highest BCUT2D eigenvalue weighted by Gasteiger charge is 2.50. The minimum atomic E-state index is -0.459. The maximum Gasteiger partial charge on any atom is 0.317 e. The Labute approximate surface area is 216 Å². The Morgan fingerprint density at radius 2 is 1.53 bits per heavy atom. The number of benzene rings is 3. The number of piperidine rings is 3. The highest BCUT2D eigenvalue weighted by molar-refractivity contribution is 5.84. The fourth-order valence-corrected chi connectivity index (χ4v) is 7.38. The van der Waals surface area contributed by atoms with E-state index in [9.17, 15) is 4.79 Å². The van der Waals surface area contributed by atoms with E-state index >= 15 is 0 Å². The second-order valence-corrected chi connectivity index (χ2v) is 11.8. The van der Waals surface area contributed by atoms with Crippen LogP contribution in [0.5, 0.6) is 0 Å². The molecule has 36 heavy (non-hydrogen) atoms. The van der Waals surface area contributed by atoms with Crippen molar-refractivity contribution in [1.29, 1.82) is 0 Å². The van der Waals surface area contributed by atoms with Gasteiger partial charge in [0.05, 0.1) is 25.0 Å². The van der Waals surface area contributed by atoms with Gasteiger partial charge in [-0.3, -0.25) is 4.79 Å². The highest BCUT2D eigenvalue weighted by atomic mass is 16.5. The van der Waals surface area contributed by atoms with Gasteiger partial charge in [0.25, 0.3) is 0 Å². The maximum absolute atomic E-state index is 14.0. The summed E-state index contributed by atoms with van der Waals surface area (Å²) in [5.74, 6) is 0.593. The van der Waals surface area contributed by atoms with E-state index in [1.54, 1.807) is 0 Å². The minimum Gasteiger partial charge on any atom is -0.455 e. The van der Waals surface area contributed by atoms with Gasteiger partial charge in [0.15, 0.2) is 6.10 Å². The van der Waals surface area contributed by atoms with Crippen molar-refractivity contribution in [3.05, 3.63) is 83.9 Å². The van der Waals surface area contributed by atoms with Crippen molar-refractivity contribution >= 4 is 16.7 Å². The molecule has 0 N–H and O–H groups in total. The van der Waals surface area contributed by atoms with Crippen LogP contribution in [0.25, 0.3) is 10.8 Å². The van der Waals surface area contributed by atoms with Crippen molar-refractivity contribution < 1.29 is 14.0 Å². The third-order valence-corrected chi connectivity index (χ3v) is 9.66. The van der Waals surface area contributed by atoms with Crippen LogP contribution in [0.3, 0.4) is 0 Å². The largest absolute Gasteiger partial charge is 0.455 e. The summed E-state index contributed by atoms with van der Waals surface area (Å²) in [7, 11) is 0. The van der Waals surface area contributed by atoms with E-state index in [0.29, 0.717) is 5.92 Å². The molecule has 1 saturated carbocycles. The molecule has 3 aromatic carbocycles. The number of rotatable bonds is 6. The summed E-state index contributed by atoms with van der Waals surface area (Å²) < 4.78 is 7.67. The van der Waals surface area contributed by atoms with E-state index in [0.717, 1.165) is 49.7 Å². The van der Waals surface area contributed by atoms with Gasteiger partial charge in [-0.2, -0.15) is 0 Å². The first kappa shape index (κ1) is 23.7. The number of quaternary nitrogens is 1. The molecule has 3 aromatic rings. The third-order valence-electron chi connectivity index (χ3n) is 9.66. The zero-order valence-corrected chi connectivity index (χ0v) is 21.5. The van der Waals surface area contributed by atoms with Crippen LogP contribution >= 0.6 is 0 Å². The van der Waals surface area contributed by atoms with Crippen molar-refractivity contribution in [3.63, 3.8) is 0 Å². The number of esters is 1. The fraction of sp³-hybridized carbons (Fsp3) is 0.485. The van der Waals surface area contributed by atoms with Gasteiger partial charge in [0.1, 0.15) is 6.54 Å². The SMILES string of the molecule is O=C(O[C@H]1C[N+]2(CCc3ccc4ccccc4c3)CCC1CC2)C1(c2ccccc2)CCCCCC1. The quantitative estimate of drug-likeness (QED) is 0.219. The van der Waals surface area contributed by atoms with E-state index in [1.165, 1.54) is 60.7 Å². The molecule has 4 fully saturated rings. The zero-order valence-electron chi connectivity index (χ0n) is 21.5. The average Bonchev–Trinajstić information content (AvgIpc) is 3.20. The lowest BCUT2D eigenvalue weighted by Crippen LogP contribution is -2.65. The fourth-order valence-electron chi connectivity index (χ4n) is 7.38. The minimum absolute atomic E-state index is 0.0574. The third kappa shape index (κ3) is 4.59. The first-order valence-electron chi connectivity index (χ1n) is 14.3. The Bertz CT molecular complexity index is 1190. The van der Waals surface area contributed by atoms with E-state index < -0.39 is 5.41 Å². The van der Waals surface area contributed by atoms with Crippen LogP contribution in [0.15, 0.2) is 72.8 Å². The summed E-state index contributed by atoms with van der Waals surface area (Å²) in [4.78, 5) is 14.0. The van der Waals surface area contributed by atoms with Gasteiger partial charge in [-0.05, 0) is 34.7 Å². The van der Waals surface area contributed by atoms with Gasteiger partial charge >= 0.3 is 5.97 Å². The topological polar surface area (TPSA) is 26.3 Å². The summed E-state index contributed by atoms with van der Waals surface area (Å²) in [6.45, 7) is 4.60. The second kappa shape index (κ2) is 10.0. The number of nitrogens with zero attached hydrogens (tertiary/aromatic N) is 1. The molecule has 1 aliphatic carbocycles. The molecule has 3 heterocycles. The number of ether oxygens (including phenoxy) is 1. The highest BCUT2D eigenvalue weighted by Crippen LogP contribution is 2.42. The molecular weight excluding hydrogens is 442 g/mol. The van der Waals surface area contributed by atoms with Crippen molar-refractivity contribution in [2.75, 3.05) is 26.2 Å². The lowest BCUT2D eigenvalue weighted by Gasteiger charge is -2.52. The summed E-state index contributed by atoms with van der Waals surface area (Å²) in [5, 5.41) is 2.64. The number of fused-ring (bicyclic) bond motifs is 4. The van der Waals surface area contributed by atoms with Crippen molar-refractivity contribution in [2.24, 2.45) is 5.92 Å². The Hall–Kier alpha value is -2.65. The molecule has 2 bridgehead atoms. The molecule has 0 spiro atoms. The van der Waals surface area contributed by atoms with Crippen molar-refractivity contribution in [1.82, 2.24) is 0 Å². The Morgan fingerprint density at radius 3 is 2.28 bits per heavy atom. The summed E-state index contributed by atoms with van der Waals surface area (Å²) in [5.41, 5.74) is 2.13. The molecule has 4 aliphatic rings. The zero-order chi connectivity index (χ0) is 24.4. The van der Waals surface area contributed by atoms with E-state index in [-0.39, 0.29) is 12.1 Å². The van der Waals surface area contributed by atoms with E-state index in [2.05, 4.69) is 72.8 Å². The maximum atomic E-state index is 14.0. The first-order valence-corrected chi connectivity index (χ1v) is 14.3. The molecule has 0 unspecified atom stereocenters. The monoisotopic (exact) mass is 482 g/mol. The molecule has 3 nitrogen and oxygen atoms in total. The van der Waals surface area contributed by atoms with Gasteiger partial charge in [0.2, 0.25) is 0 Å². The van der Waals surface area contributed by atoms with Gasteiger partial charge in [-0.15, -0.1) is 0 Å². The Morgan fingerprint density at radius 1 is 0.833 bits per heavy atom. The van der Waals surface area contributed by atoms with Crippen molar-refractivity contribution in [2.45, 2.75) is 69.3 Å². The molecule has 0 amide bonds. The molecule has 0 aromatic heterocycles. The Kier molecular flexibility index (Phi) is 6.60. The van der Waals surface area contributed by atoms with Crippen LogP contribution in [-0.2, 0) is 21.4 Å². The molecular formula is C33H40NO2+. The second-order valence-electron chi connectivity index (χ2n) is 11.8. The number of hydrogen-bond donors (Lipinski definition) is 0. The lowest BCUT2D eigenvalue weighted by atomic mass is 9.74. The molecule has 3 heteroatoms. The summed E-state index contributed by atoms with van der Waals surface area (Å²) in [6.07, 6.45) is 10.1. The summed E-state index contributed by atoms with van der Waals surface area (Å²) in [6, 6.07) is 26.1. The Balaban J connectivity index is 1.17. The van der Waals surface area contributed by atoms with Crippen molar-refractivity contribution in [3.8, 4) is 0 Å². The average molecular weight is 483 g/mol. The van der Waals surface area contributed by atoms with Gasteiger partial charge < -0.3 is 9.22 Å². The van der Waals surface area contributed by atoms with Gasteiger partial charge in [-0.1, -0.05) is 98.5 Å². The van der Waals surface area contributed by atoms with Crippen LogP contribution < -0.4 is 0 Å². The molecule has 3 saturated heterocycles. The van der Waals surface area contributed by atoms with Crippen LogP contribution in [0.2, 0.25) is 0 Å². The smallest absolute Gasteiger partial charge is 0.317 e. The molecule has 1 atom stereocenters. The number of carbonyl (C=O) groups is 1. The van der Waals surface area contributed by atoms with E-state index in [1.807, 2.05) is 0 Å². The number of carbonyl (C=O) groups excluding carboxylic acids is 1.